The van der Waals surface area contributed by atoms with Crippen molar-refractivity contribution in [2.45, 2.75) is 39.7 Å². The molecule has 1 N–H and O–H groups in total. The number of aliphatic imine (C=N–C) groups is 1. The van der Waals surface area contributed by atoms with E-state index in [1.54, 1.807) is 0 Å². The maximum atomic E-state index is 5.75. The predicted octanol–water partition coefficient (Wildman–Crippen LogP) is 1.83. The van der Waals surface area contributed by atoms with Crippen molar-refractivity contribution in [3.8, 4) is 0 Å². The van der Waals surface area contributed by atoms with Crippen molar-refractivity contribution in [1.82, 2.24) is 5.32 Å². The second-order valence-corrected chi connectivity index (χ2v) is 5.68. The fraction of sp³-hybridized carbons (Fsp3) is 0.917. The van der Waals surface area contributed by atoms with Crippen LogP contribution >= 0.6 is 0 Å². The minimum absolute atomic E-state index is 0.231. The SMILES string of the molecule is CC(C)(C)C1COC(C2CCNCC2)=N1. The molecule has 86 valence electrons. The van der Waals surface area contributed by atoms with Gasteiger partial charge in [-0.3, -0.25) is 0 Å². The molecule has 0 aromatic rings. The van der Waals surface area contributed by atoms with E-state index in [0.717, 1.165) is 25.6 Å². The molecule has 1 saturated heterocycles. The first-order chi connectivity index (χ1) is 7.07. The zero-order valence-electron chi connectivity index (χ0n) is 10.0. The van der Waals surface area contributed by atoms with E-state index >= 15 is 0 Å². The zero-order chi connectivity index (χ0) is 10.9. The van der Waals surface area contributed by atoms with E-state index in [2.05, 4.69) is 26.1 Å². The summed E-state index contributed by atoms with van der Waals surface area (Å²) in [5.74, 6) is 1.59. The summed E-state index contributed by atoms with van der Waals surface area (Å²) in [6.07, 6.45) is 2.35. The second-order valence-electron chi connectivity index (χ2n) is 5.68. The summed E-state index contributed by atoms with van der Waals surface area (Å²) in [6, 6.07) is 0.349. The molecule has 0 radical (unpaired) electrons. The molecule has 0 bridgehead atoms. The van der Waals surface area contributed by atoms with E-state index < -0.39 is 0 Å². The molecule has 1 fully saturated rings. The molecule has 3 nitrogen and oxygen atoms in total. The maximum absolute atomic E-state index is 5.75. The summed E-state index contributed by atoms with van der Waals surface area (Å²) in [5, 5.41) is 3.37. The Bertz CT molecular complexity index is 249. The highest BCUT2D eigenvalue weighted by Crippen LogP contribution is 2.29. The molecule has 2 aliphatic heterocycles. The van der Waals surface area contributed by atoms with Crippen molar-refractivity contribution < 1.29 is 4.74 Å². The van der Waals surface area contributed by atoms with Crippen LogP contribution in [0.2, 0.25) is 0 Å². The number of rotatable bonds is 1. The quantitative estimate of drug-likeness (QED) is 0.716. The van der Waals surface area contributed by atoms with Crippen LogP contribution in [-0.2, 0) is 4.74 Å². The van der Waals surface area contributed by atoms with Crippen molar-refractivity contribution in [2.24, 2.45) is 16.3 Å². The minimum Gasteiger partial charge on any atom is -0.478 e. The molecule has 2 heterocycles. The summed E-state index contributed by atoms with van der Waals surface area (Å²) in [6.45, 7) is 9.69. The lowest BCUT2D eigenvalue weighted by molar-refractivity contribution is 0.225. The van der Waals surface area contributed by atoms with E-state index in [4.69, 9.17) is 9.73 Å². The van der Waals surface area contributed by atoms with Crippen molar-refractivity contribution in [2.75, 3.05) is 19.7 Å². The average Bonchev–Trinajstić information content (AvgIpc) is 2.67. The Kier molecular flexibility index (Phi) is 3.01. The van der Waals surface area contributed by atoms with Gasteiger partial charge in [0.1, 0.15) is 6.61 Å². The summed E-state index contributed by atoms with van der Waals surface area (Å²) >= 11 is 0. The number of piperidine rings is 1. The lowest BCUT2D eigenvalue weighted by Gasteiger charge is -2.22. The van der Waals surface area contributed by atoms with Crippen molar-refractivity contribution in [3.63, 3.8) is 0 Å². The van der Waals surface area contributed by atoms with Gasteiger partial charge in [-0.2, -0.15) is 0 Å². The number of nitrogens with zero attached hydrogens (tertiary/aromatic N) is 1. The summed E-state index contributed by atoms with van der Waals surface area (Å²) in [5.41, 5.74) is 0.231. The summed E-state index contributed by atoms with van der Waals surface area (Å²) < 4.78 is 5.75. The van der Waals surface area contributed by atoms with Gasteiger partial charge in [0.15, 0.2) is 5.90 Å². The van der Waals surface area contributed by atoms with E-state index in [1.807, 2.05) is 0 Å². The Morgan fingerprint density at radius 3 is 2.47 bits per heavy atom. The van der Waals surface area contributed by atoms with Crippen LogP contribution in [0.3, 0.4) is 0 Å². The van der Waals surface area contributed by atoms with E-state index in [1.165, 1.54) is 12.8 Å². The minimum atomic E-state index is 0.231. The van der Waals surface area contributed by atoms with Gasteiger partial charge in [0.05, 0.1) is 6.04 Å². The van der Waals surface area contributed by atoms with Gasteiger partial charge >= 0.3 is 0 Å². The fourth-order valence-corrected chi connectivity index (χ4v) is 2.13. The second kappa shape index (κ2) is 4.12. The third kappa shape index (κ3) is 2.51. The lowest BCUT2D eigenvalue weighted by Crippen LogP contribution is -2.31. The molecule has 0 amide bonds. The third-order valence-electron chi connectivity index (χ3n) is 3.36. The number of ether oxygens (including phenoxy) is 1. The van der Waals surface area contributed by atoms with E-state index in [9.17, 15) is 0 Å². The molecule has 0 spiro atoms. The standard InChI is InChI=1S/C12H22N2O/c1-12(2,3)10-8-15-11(14-10)9-4-6-13-7-5-9/h9-10,13H,4-8H2,1-3H3. The van der Waals surface area contributed by atoms with E-state index in [0.29, 0.717) is 12.0 Å². The largest absolute Gasteiger partial charge is 0.478 e. The topological polar surface area (TPSA) is 33.6 Å². The molecular weight excluding hydrogens is 188 g/mol. The van der Waals surface area contributed by atoms with Crippen LogP contribution in [0.25, 0.3) is 0 Å². The highest BCUT2D eigenvalue weighted by molar-refractivity contribution is 5.80. The Balaban J connectivity index is 1.99. The van der Waals surface area contributed by atoms with Gasteiger partial charge in [-0.25, -0.2) is 4.99 Å². The predicted molar refractivity (Wildman–Crippen MR) is 62.2 cm³/mol. The van der Waals surface area contributed by atoms with Gasteiger partial charge in [0.25, 0.3) is 0 Å². The average molecular weight is 210 g/mol. The highest BCUT2D eigenvalue weighted by atomic mass is 16.5. The summed E-state index contributed by atoms with van der Waals surface area (Å²) in [4.78, 5) is 4.75. The fourth-order valence-electron chi connectivity index (χ4n) is 2.13. The van der Waals surface area contributed by atoms with Crippen molar-refractivity contribution >= 4 is 5.90 Å². The van der Waals surface area contributed by atoms with Crippen LogP contribution in [0, 0.1) is 11.3 Å². The molecule has 2 rings (SSSR count). The molecule has 1 atom stereocenters. The molecule has 3 heteroatoms. The number of hydrogen-bond donors (Lipinski definition) is 1. The van der Waals surface area contributed by atoms with Crippen molar-refractivity contribution in [3.05, 3.63) is 0 Å². The Morgan fingerprint density at radius 2 is 1.93 bits per heavy atom. The first-order valence-corrected chi connectivity index (χ1v) is 5.98. The lowest BCUT2D eigenvalue weighted by atomic mass is 9.88. The molecule has 0 aliphatic carbocycles. The Morgan fingerprint density at radius 1 is 1.27 bits per heavy atom. The van der Waals surface area contributed by atoms with Crippen LogP contribution in [0.15, 0.2) is 4.99 Å². The van der Waals surface area contributed by atoms with Crippen LogP contribution in [-0.4, -0.2) is 31.6 Å². The molecule has 15 heavy (non-hydrogen) atoms. The van der Waals surface area contributed by atoms with Gasteiger partial charge in [-0.05, 0) is 31.3 Å². The Labute approximate surface area is 92.3 Å². The van der Waals surface area contributed by atoms with Gasteiger partial charge in [0, 0.05) is 5.92 Å². The van der Waals surface area contributed by atoms with Crippen LogP contribution in [0.1, 0.15) is 33.6 Å². The maximum Gasteiger partial charge on any atom is 0.186 e. The first-order valence-electron chi connectivity index (χ1n) is 5.98. The molecule has 2 aliphatic rings. The van der Waals surface area contributed by atoms with Gasteiger partial charge in [-0.1, -0.05) is 20.8 Å². The van der Waals surface area contributed by atoms with Crippen LogP contribution in [0.5, 0.6) is 0 Å². The van der Waals surface area contributed by atoms with Crippen LogP contribution < -0.4 is 5.32 Å². The normalized spacial score (nSPS) is 28.7. The van der Waals surface area contributed by atoms with Crippen LogP contribution in [0.4, 0.5) is 0 Å². The molecule has 0 aromatic carbocycles. The Hall–Kier alpha value is -0.570. The van der Waals surface area contributed by atoms with Gasteiger partial charge in [-0.15, -0.1) is 0 Å². The van der Waals surface area contributed by atoms with Gasteiger partial charge in [0.2, 0.25) is 0 Å². The number of hydrogen-bond acceptors (Lipinski definition) is 3. The number of nitrogens with one attached hydrogen (secondary N) is 1. The third-order valence-corrected chi connectivity index (χ3v) is 3.36. The monoisotopic (exact) mass is 210 g/mol. The molecule has 0 saturated carbocycles. The summed E-state index contributed by atoms with van der Waals surface area (Å²) in [7, 11) is 0. The molecule has 1 unspecified atom stereocenters. The first kappa shape index (κ1) is 10.9. The smallest absolute Gasteiger partial charge is 0.186 e. The van der Waals surface area contributed by atoms with Gasteiger partial charge < -0.3 is 10.1 Å². The van der Waals surface area contributed by atoms with Crippen molar-refractivity contribution in [1.29, 1.82) is 0 Å². The van der Waals surface area contributed by atoms with E-state index in [-0.39, 0.29) is 5.41 Å². The molecule has 0 aromatic heterocycles. The highest BCUT2D eigenvalue weighted by Gasteiger charge is 2.33. The zero-order valence-corrected chi connectivity index (χ0v) is 10.0. The molecular formula is C12H22N2O.